The summed E-state index contributed by atoms with van der Waals surface area (Å²) in [6.07, 6.45) is 0.748. The minimum atomic E-state index is -0.659. The molecule has 2 aromatic heterocycles. The predicted molar refractivity (Wildman–Crippen MR) is 168 cm³/mol. The van der Waals surface area contributed by atoms with E-state index in [0.717, 1.165) is 39.0 Å². The Bertz CT molecular complexity index is 1770. The van der Waals surface area contributed by atoms with Gasteiger partial charge in [-0.1, -0.05) is 13.0 Å². The predicted octanol–water partition coefficient (Wildman–Crippen LogP) is 4.85. The summed E-state index contributed by atoms with van der Waals surface area (Å²) in [7, 11) is 1.94. The van der Waals surface area contributed by atoms with Crippen LogP contribution in [0.5, 0.6) is 5.75 Å². The summed E-state index contributed by atoms with van der Waals surface area (Å²) in [4.78, 5) is 40.3. The molecule has 2 aromatic carbocycles. The third-order valence-electron chi connectivity index (χ3n) is 8.69. The van der Waals surface area contributed by atoms with Crippen LogP contribution in [0.1, 0.15) is 51.6 Å². The largest absolute Gasteiger partial charge is 0.505 e. The lowest BCUT2D eigenvalue weighted by atomic mass is 9.96. The van der Waals surface area contributed by atoms with Crippen molar-refractivity contribution in [1.82, 2.24) is 34.9 Å². The van der Waals surface area contributed by atoms with Crippen LogP contribution in [-0.4, -0.2) is 96.3 Å². The van der Waals surface area contributed by atoms with E-state index in [-0.39, 0.29) is 29.8 Å². The van der Waals surface area contributed by atoms with Crippen LogP contribution in [0.15, 0.2) is 30.3 Å². The van der Waals surface area contributed by atoms with Crippen molar-refractivity contribution in [1.29, 1.82) is 0 Å². The number of fused-ring (bicyclic) bond motifs is 2. The maximum Gasteiger partial charge on any atom is 0.410 e. The van der Waals surface area contributed by atoms with E-state index in [1.807, 2.05) is 69.7 Å². The highest BCUT2D eigenvalue weighted by molar-refractivity contribution is 5.94. The summed E-state index contributed by atoms with van der Waals surface area (Å²) in [5.74, 6) is -0.371. The second-order valence-corrected chi connectivity index (χ2v) is 13.1. The molecule has 238 valence electrons. The van der Waals surface area contributed by atoms with Crippen LogP contribution >= 0.6 is 0 Å². The highest BCUT2D eigenvalue weighted by Crippen LogP contribution is 2.34. The number of halogens is 1. The van der Waals surface area contributed by atoms with E-state index in [1.54, 1.807) is 4.90 Å². The number of piperazine rings is 1. The molecule has 2 aliphatic rings. The number of likely N-dealkylation sites (N-methyl/N-ethyl adjacent to an activating group) is 1. The number of aromatic hydroxyl groups is 1. The number of rotatable bonds is 4. The van der Waals surface area contributed by atoms with Gasteiger partial charge in [0, 0.05) is 44.0 Å². The van der Waals surface area contributed by atoms with E-state index in [0.29, 0.717) is 50.5 Å². The number of hydrogen-bond donors (Lipinski definition) is 3. The Kier molecular flexibility index (Phi) is 7.80. The first-order valence-electron chi connectivity index (χ1n) is 15.4. The molecule has 1 fully saturated rings. The first kappa shape index (κ1) is 30.6. The van der Waals surface area contributed by atoms with Crippen molar-refractivity contribution in [3.8, 4) is 28.4 Å². The summed E-state index contributed by atoms with van der Waals surface area (Å²) in [6, 6.07) is 8.10. The minimum absolute atomic E-state index is 0.0268. The Labute approximate surface area is 261 Å². The van der Waals surface area contributed by atoms with Gasteiger partial charge in [-0.25, -0.2) is 14.2 Å². The number of aryl methyl sites for hydroxylation is 1. The van der Waals surface area contributed by atoms with Crippen LogP contribution in [0, 0.1) is 5.82 Å². The van der Waals surface area contributed by atoms with Gasteiger partial charge in [-0.15, -0.1) is 0 Å². The van der Waals surface area contributed by atoms with Gasteiger partial charge in [-0.3, -0.25) is 14.8 Å². The molecule has 4 aromatic rings. The number of nitrogens with zero attached hydrogens (tertiary/aromatic N) is 5. The zero-order valence-corrected chi connectivity index (χ0v) is 26.6. The topological polar surface area (TPSA) is 131 Å². The molecule has 4 heterocycles. The second-order valence-electron chi connectivity index (χ2n) is 13.1. The number of carbonyl (C=O) groups is 2. The maximum atomic E-state index is 14.2. The molecular weight excluding hydrogens is 577 g/mol. The van der Waals surface area contributed by atoms with Gasteiger partial charge < -0.3 is 24.6 Å². The van der Waals surface area contributed by atoms with Gasteiger partial charge in [-0.05, 0) is 82.1 Å². The van der Waals surface area contributed by atoms with Crippen molar-refractivity contribution in [2.75, 3.05) is 26.7 Å². The number of phenolic OH excluding ortho intramolecular Hbond substituents is 1. The lowest BCUT2D eigenvalue weighted by molar-refractivity contribution is -0.141. The van der Waals surface area contributed by atoms with Gasteiger partial charge in [0.2, 0.25) is 5.91 Å². The fourth-order valence-electron chi connectivity index (χ4n) is 6.33. The van der Waals surface area contributed by atoms with Crippen LogP contribution in [0.2, 0.25) is 0 Å². The normalized spacial score (nSPS) is 19.2. The zero-order valence-electron chi connectivity index (χ0n) is 26.6. The fourth-order valence-corrected chi connectivity index (χ4v) is 6.33. The number of ether oxygens (including phenoxy) is 1. The number of carbonyl (C=O) groups excluding carboxylic acids is 2. The van der Waals surface area contributed by atoms with Gasteiger partial charge in [0.25, 0.3) is 0 Å². The van der Waals surface area contributed by atoms with Crippen LogP contribution < -0.4 is 0 Å². The molecule has 2 amide bonds. The van der Waals surface area contributed by atoms with E-state index < -0.39 is 11.4 Å². The Hall–Kier alpha value is -4.45. The molecule has 0 unspecified atom stereocenters. The first-order valence-corrected chi connectivity index (χ1v) is 15.4. The minimum Gasteiger partial charge on any atom is -0.505 e. The van der Waals surface area contributed by atoms with Gasteiger partial charge >= 0.3 is 6.09 Å². The average Bonchev–Trinajstić information content (AvgIpc) is 3.59. The molecule has 0 spiro atoms. The van der Waals surface area contributed by atoms with Gasteiger partial charge in [0.15, 0.2) is 17.4 Å². The zero-order chi connectivity index (χ0) is 32.2. The van der Waals surface area contributed by atoms with Crippen LogP contribution in [0.3, 0.4) is 0 Å². The van der Waals surface area contributed by atoms with Crippen molar-refractivity contribution in [3.63, 3.8) is 0 Å². The molecule has 45 heavy (non-hydrogen) atoms. The Morgan fingerprint density at radius 1 is 1.18 bits per heavy atom. The van der Waals surface area contributed by atoms with E-state index in [2.05, 4.69) is 15.2 Å². The summed E-state index contributed by atoms with van der Waals surface area (Å²) in [5.41, 5.74) is 5.03. The average molecular weight is 618 g/mol. The van der Waals surface area contributed by atoms with Gasteiger partial charge in [-0.2, -0.15) is 5.10 Å². The van der Waals surface area contributed by atoms with Crippen LogP contribution in [-0.2, 0) is 28.9 Å². The number of H-pyrrole nitrogens is 2. The SMILES string of the molecule is CCc1cc(O)c(F)cc1-c1ccc2c(-c3nc4c([nH]3)CN(C)[C@H](C(=O)N3CCN(C(=O)OC(C)(C)C)C[C@@H]3C)C4)n[nH]c2c1. The van der Waals surface area contributed by atoms with Crippen molar-refractivity contribution in [2.45, 2.75) is 71.7 Å². The Morgan fingerprint density at radius 3 is 2.67 bits per heavy atom. The molecule has 0 bridgehead atoms. The first-order chi connectivity index (χ1) is 21.3. The number of amides is 2. The molecular formula is C33H40FN7O4. The number of hydrogen-bond acceptors (Lipinski definition) is 7. The van der Waals surface area contributed by atoms with Crippen molar-refractivity contribution in [3.05, 3.63) is 53.1 Å². The maximum absolute atomic E-state index is 14.2. The number of aromatic nitrogens is 4. The van der Waals surface area contributed by atoms with E-state index in [4.69, 9.17) is 9.72 Å². The number of nitrogens with one attached hydrogen (secondary N) is 2. The number of imidazole rings is 1. The molecule has 0 aliphatic carbocycles. The molecule has 6 rings (SSSR count). The molecule has 0 radical (unpaired) electrons. The summed E-state index contributed by atoms with van der Waals surface area (Å²) in [6.45, 7) is 11.3. The Balaban J connectivity index is 1.19. The standard InChI is InChI=1S/C33H40FN7O4/c1-7-19-13-28(42)23(34)14-22(19)20-8-9-21-24(12-20)37-38-29(21)30-35-25-15-27(39(6)17-26(25)36-30)31(43)41-11-10-40(16-18(41)2)32(44)45-33(3,4)5/h8-9,12-14,18,27,42H,7,10-11,15-17H2,1-6H3,(H,35,36)(H,37,38)/t18-,27-/m0/s1. The number of aromatic amines is 2. The fraction of sp³-hybridized carbons (Fsp3) is 0.455. The summed E-state index contributed by atoms with van der Waals surface area (Å²) in [5, 5.41) is 18.3. The lowest BCUT2D eigenvalue weighted by Crippen LogP contribution is -2.60. The van der Waals surface area contributed by atoms with E-state index in [9.17, 15) is 19.1 Å². The highest BCUT2D eigenvalue weighted by atomic mass is 19.1. The third kappa shape index (κ3) is 5.86. The monoisotopic (exact) mass is 617 g/mol. The van der Waals surface area contributed by atoms with Crippen molar-refractivity contribution in [2.24, 2.45) is 0 Å². The van der Waals surface area contributed by atoms with E-state index >= 15 is 0 Å². The van der Waals surface area contributed by atoms with Crippen molar-refractivity contribution < 1.29 is 23.8 Å². The van der Waals surface area contributed by atoms with Gasteiger partial charge in [0.1, 0.15) is 11.3 Å². The van der Waals surface area contributed by atoms with Crippen molar-refractivity contribution >= 4 is 22.9 Å². The lowest BCUT2D eigenvalue weighted by Gasteiger charge is -2.43. The van der Waals surface area contributed by atoms with Gasteiger partial charge in [0.05, 0.1) is 22.9 Å². The molecule has 0 saturated carbocycles. The Morgan fingerprint density at radius 2 is 1.96 bits per heavy atom. The smallest absolute Gasteiger partial charge is 0.410 e. The number of benzene rings is 2. The molecule has 11 nitrogen and oxygen atoms in total. The molecule has 2 aliphatic heterocycles. The molecule has 12 heteroatoms. The number of phenols is 1. The molecule has 1 saturated heterocycles. The highest BCUT2D eigenvalue weighted by Gasteiger charge is 2.39. The van der Waals surface area contributed by atoms with E-state index in [1.165, 1.54) is 12.1 Å². The summed E-state index contributed by atoms with van der Waals surface area (Å²) < 4.78 is 19.8. The third-order valence-corrected chi connectivity index (χ3v) is 8.69. The molecule has 2 atom stereocenters. The van der Waals surface area contributed by atoms with Crippen LogP contribution in [0.4, 0.5) is 9.18 Å². The van der Waals surface area contributed by atoms with Crippen LogP contribution in [0.25, 0.3) is 33.5 Å². The second kappa shape index (κ2) is 11.5. The quantitative estimate of drug-likeness (QED) is 0.298. The molecule has 3 N–H and O–H groups in total. The summed E-state index contributed by atoms with van der Waals surface area (Å²) >= 11 is 0.